The Hall–Kier alpha value is -0.260. The van der Waals surface area contributed by atoms with Crippen molar-refractivity contribution in [1.29, 1.82) is 0 Å². The molecule has 0 unspecified atom stereocenters. The van der Waals surface area contributed by atoms with Crippen molar-refractivity contribution in [3.8, 4) is 0 Å². The quantitative estimate of drug-likeness (QED) is 0.586. The molecule has 13 heavy (non-hydrogen) atoms. The largest absolute Gasteiger partial charge is 0.382 e. The third-order valence-corrected chi connectivity index (χ3v) is 1.38. The number of hydrogen-bond donors (Lipinski definition) is 1. The summed E-state index contributed by atoms with van der Waals surface area (Å²) in [7, 11) is 1.50. The molecule has 0 atom stereocenters. The fourth-order valence-electron chi connectivity index (χ4n) is 0.723. The maximum atomic E-state index is 12.8. The number of hydrogen-bond acceptors (Lipinski definition) is 3. The molecule has 0 aromatic rings. The van der Waals surface area contributed by atoms with Gasteiger partial charge in [-0.1, -0.05) is 6.92 Å². The topological polar surface area (TPSA) is 30.5 Å². The monoisotopic (exact) mass is 197 g/mol. The molecule has 5 heteroatoms. The molecule has 0 rings (SSSR count). The highest BCUT2D eigenvalue weighted by Gasteiger charge is 2.28. The SMILES string of the molecule is CCNCC(F)(F)COCCOC. The van der Waals surface area contributed by atoms with Gasteiger partial charge in [0.2, 0.25) is 0 Å². The summed E-state index contributed by atoms with van der Waals surface area (Å²) in [5.41, 5.74) is 0. The van der Waals surface area contributed by atoms with Gasteiger partial charge in [-0.05, 0) is 6.54 Å². The van der Waals surface area contributed by atoms with Gasteiger partial charge in [-0.3, -0.25) is 0 Å². The molecule has 0 aliphatic heterocycles. The normalized spacial score (nSPS) is 12.0. The molecule has 0 aliphatic rings. The lowest BCUT2D eigenvalue weighted by atomic mass is 10.3. The van der Waals surface area contributed by atoms with Crippen molar-refractivity contribution in [2.24, 2.45) is 0 Å². The molecular weight excluding hydrogens is 180 g/mol. The van der Waals surface area contributed by atoms with E-state index in [9.17, 15) is 8.78 Å². The van der Waals surface area contributed by atoms with Crippen molar-refractivity contribution in [2.75, 3.05) is 40.0 Å². The molecule has 0 bridgehead atoms. The summed E-state index contributed by atoms with van der Waals surface area (Å²) >= 11 is 0. The molecule has 3 nitrogen and oxygen atoms in total. The molecule has 0 saturated heterocycles. The maximum Gasteiger partial charge on any atom is 0.283 e. The summed E-state index contributed by atoms with van der Waals surface area (Å²) in [4.78, 5) is 0. The summed E-state index contributed by atoms with van der Waals surface area (Å²) in [6.45, 7) is 1.98. The first-order valence-electron chi connectivity index (χ1n) is 4.27. The van der Waals surface area contributed by atoms with Crippen molar-refractivity contribution in [3.05, 3.63) is 0 Å². The highest BCUT2D eigenvalue weighted by molar-refractivity contribution is 4.67. The van der Waals surface area contributed by atoms with Crippen LogP contribution in [0, 0.1) is 0 Å². The first kappa shape index (κ1) is 12.7. The third kappa shape index (κ3) is 8.08. The zero-order valence-corrected chi connectivity index (χ0v) is 8.11. The fourth-order valence-corrected chi connectivity index (χ4v) is 0.723. The third-order valence-electron chi connectivity index (χ3n) is 1.38. The van der Waals surface area contributed by atoms with Crippen LogP contribution in [0.4, 0.5) is 8.78 Å². The predicted molar refractivity (Wildman–Crippen MR) is 46.2 cm³/mol. The van der Waals surface area contributed by atoms with E-state index in [-0.39, 0.29) is 13.2 Å². The minimum Gasteiger partial charge on any atom is -0.382 e. The Morgan fingerprint density at radius 2 is 2.00 bits per heavy atom. The lowest BCUT2D eigenvalue weighted by Gasteiger charge is -2.16. The minimum absolute atomic E-state index is 0.207. The van der Waals surface area contributed by atoms with Crippen molar-refractivity contribution in [2.45, 2.75) is 12.8 Å². The van der Waals surface area contributed by atoms with Gasteiger partial charge in [0.1, 0.15) is 6.61 Å². The van der Waals surface area contributed by atoms with Gasteiger partial charge in [0.25, 0.3) is 5.92 Å². The molecule has 0 spiro atoms. The fraction of sp³-hybridized carbons (Fsp3) is 1.00. The molecular formula is C8H17F2NO2. The molecule has 0 radical (unpaired) electrons. The van der Waals surface area contributed by atoms with Gasteiger partial charge in [-0.2, -0.15) is 0 Å². The lowest BCUT2D eigenvalue weighted by Crippen LogP contribution is -2.37. The molecule has 0 aliphatic carbocycles. The number of rotatable bonds is 8. The van der Waals surface area contributed by atoms with E-state index in [0.29, 0.717) is 13.2 Å². The average Bonchev–Trinajstić information content (AvgIpc) is 2.09. The summed E-state index contributed by atoms with van der Waals surface area (Å²) in [6, 6.07) is 0. The van der Waals surface area contributed by atoms with Crippen LogP contribution in [0.2, 0.25) is 0 Å². The molecule has 0 aromatic carbocycles. The average molecular weight is 197 g/mol. The molecule has 0 aromatic heterocycles. The second-order valence-corrected chi connectivity index (χ2v) is 2.68. The molecule has 0 fully saturated rings. The van der Waals surface area contributed by atoms with Gasteiger partial charge < -0.3 is 14.8 Å². The number of nitrogens with one attached hydrogen (secondary N) is 1. The molecule has 0 heterocycles. The zero-order valence-electron chi connectivity index (χ0n) is 8.11. The number of methoxy groups -OCH3 is 1. The van der Waals surface area contributed by atoms with Crippen LogP contribution in [-0.4, -0.2) is 45.9 Å². The van der Waals surface area contributed by atoms with Crippen LogP contribution in [0.25, 0.3) is 0 Å². The Morgan fingerprint density at radius 3 is 2.54 bits per heavy atom. The summed E-state index contributed by atoms with van der Waals surface area (Å²) < 4.78 is 35.0. The summed E-state index contributed by atoms with van der Waals surface area (Å²) in [5.74, 6) is -2.79. The highest BCUT2D eigenvalue weighted by atomic mass is 19.3. The van der Waals surface area contributed by atoms with E-state index in [2.05, 4.69) is 10.1 Å². The Labute approximate surface area is 77.4 Å². The van der Waals surface area contributed by atoms with Crippen LogP contribution in [0.1, 0.15) is 6.92 Å². The van der Waals surface area contributed by atoms with E-state index in [0.717, 1.165) is 0 Å². The highest BCUT2D eigenvalue weighted by Crippen LogP contribution is 2.11. The van der Waals surface area contributed by atoms with Gasteiger partial charge in [-0.25, -0.2) is 8.78 Å². The van der Waals surface area contributed by atoms with Gasteiger partial charge in [0.05, 0.1) is 19.8 Å². The molecule has 0 saturated carbocycles. The lowest BCUT2D eigenvalue weighted by molar-refractivity contribution is -0.0808. The number of alkyl halides is 2. The van der Waals surface area contributed by atoms with Crippen LogP contribution in [-0.2, 0) is 9.47 Å². The number of ether oxygens (including phenoxy) is 2. The Bertz CT molecular complexity index is 123. The van der Waals surface area contributed by atoms with E-state index in [1.54, 1.807) is 6.92 Å². The van der Waals surface area contributed by atoms with Gasteiger partial charge in [-0.15, -0.1) is 0 Å². The van der Waals surface area contributed by atoms with Crippen molar-refractivity contribution in [1.82, 2.24) is 5.32 Å². The standard InChI is InChI=1S/C8H17F2NO2/c1-3-11-6-8(9,10)7-13-5-4-12-2/h11H,3-7H2,1-2H3. The van der Waals surface area contributed by atoms with Crippen LogP contribution in [0.15, 0.2) is 0 Å². The second kappa shape index (κ2) is 7.17. The maximum absolute atomic E-state index is 12.8. The molecule has 1 N–H and O–H groups in total. The van der Waals surface area contributed by atoms with E-state index in [1.165, 1.54) is 7.11 Å². The minimum atomic E-state index is -2.79. The molecule has 0 amide bonds. The van der Waals surface area contributed by atoms with Crippen LogP contribution in [0.5, 0.6) is 0 Å². The van der Waals surface area contributed by atoms with Gasteiger partial charge in [0, 0.05) is 7.11 Å². The van der Waals surface area contributed by atoms with E-state index in [1.807, 2.05) is 0 Å². The summed E-state index contributed by atoms with van der Waals surface area (Å²) in [5, 5.41) is 2.57. The Balaban J connectivity index is 3.39. The van der Waals surface area contributed by atoms with E-state index in [4.69, 9.17) is 4.74 Å². The van der Waals surface area contributed by atoms with Crippen LogP contribution < -0.4 is 5.32 Å². The predicted octanol–water partition coefficient (Wildman–Crippen LogP) is 0.894. The Kier molecular flexibility index (Phi) is 7.03. The smallest absolute Gasteiger partial charge is 0.283 e. The zero-order chi connectivity index (χ0) is 10.2. The first-order valence-corrected chi connectivity index (χ1v) is 4.27. The van der Waals surface area contributed by atoms with Gasteiger partial charge >= 0.3 is 0 Å². The first-order chi connectivity index (χ1) is 6.12. The molecule has 80 valence electrons. The van der Waals surface area contributed by atoms with Crippen LogP contribution in [0.3, 0.4) is 0 Å². The van der Waals surface area contributed by atoms with Crippen LogP contribution >= 0.6 is 0 Å². The number of halogens is 2. The van der Waals surface area contributed by atoms with E-state index >= 15 is 0 Å². The second-order valence-electron chi connectivity index (χ2n) is 2.68. The van der Waals surface area contributed by atoms with Crippen molar-refractivity contribution in [3.63, 3.8) is 0 Å². The Morgan fingerprint density at radius 1 is 1.31 bits per heavy atom. The summed E-state index contributed by atoms with van der Waals surface area (Å²) in [6.07, 6.45) is 0. The van der Waals surface area contributed by atoms with E-state index < -0.39 is 12.5 Å². The van der Waals surface area contributed by atoms with Gasteiger partial charge in [0.15, 0.2) is 0 Å². The van der Waals surface area contributed by atoms with Crippen molar-refractivity contribution >= 4 is 0 Å². The van der Waals surface area contributed by atoms with Crippen molar-refractivity contribution < 1.29 is 18.3 Å².